The number of rotatable bonds is 3. The van der Waals surface area contributed by atoms with Gasteiger partial charge in [-0.2, -0.15) is 4.98 Å². The molecule has 2 rings (SSSR count). The first-order valence-corrected chi connectivity index (χ1v) is 5.84. The molecule has 1 aliphatic rings. The molecule has 1 saturated heterocycles. The number of aliphatic hydroxyl groups excluding tert-OH is 1. The van der Waals surface area contributed by atoms with E-state index in [4.69, 9.17) is 4.52 Å². The SMILES string of the molecule is CC(O)c1noc(CC2CCN(C)CC2)n1. The third kappa shape index (κ3) is 2.80. The van der Waals surface area contributed by atoms with Crippen molar-refractivity contribution in [2.75, 3.05) is 20.1 Å². The van der Waals surface area contributed by atoms with Crippen molar-refractivity contribution in [3.63, 3.8) is 0 Å². The zero-order chi connectivity index (χ0) is 11.5. The van der Waals surface area contributed by atoms with Gasteiger partial charge in [-0.25, -0.2) is 0 Å². The van der Waals surface area contributed by atoms with Gasteiger partial charge in [0, 0.05) is 6.42 Å². The van der Waals surface area contributed by atoms with Crippen LogP contribution in [0.3, 0.4) is 0 Å². The average Bonchev–Trinajstić information content (AvgIpc) is 2.70. The van der Waals surface area contributed by atoms with Crippen LogP contribution in [0.4, 0.5) is 0 Å². The van der Waals surface area contributed by atoms with E-state index in [2.05, 4.69) is 22.1 Å². The molecule has 0 aromatic carbocycles. The summed E-state index contributed by atoms with van der Waals surface area (Å²) < 4.78 is 5.12. The van der Waals surface area contributed by atoms with Crippen LogP contribution < -0.4 is 0 Å². The number of likely N-dealkylation sites (tertiary alicyclic amines) is 1. The van der Waals surface area contributed by atoms with Crippen LogP contribution in [0.25, 0.3) is 0 Å². The normalized spacial score (nSPS) is 21.2. The molecule has 0 radical (unpaired) electrons. The van der Waals surface area contributed by atoms with Crippen molar-refractivity contribution < 1.29 is 9.63 Å². The number of nitrogens with zero attached hydrogens (tertiary/aromatic N) is 3. The minimum atomic E-state index is -0.644. The highest BCUT2D eigenvalue weighted by atomic mass is 16.5. The van der Waals surface area contributed by atoms with Gasteiger partial charge < -0.3 is 14.5 Å². The van der Waals surface area contributed by atoms with Crippen LogP contribution >= 0.6 is 0 Å². The number of aromatic nitrogens is 2. The van der Waals surface area contributed by atoms with Crippen LogP contribution in [0.15, 0.2) is 4.52 Å². The Bertz CT molecular complexity index is 330. The number of hydrogen-bond donors (Lipinski definition) is 1. The molecular weight excluding hydrogens is 206 g/mol. The average molecular weight is 225 g/mol. The van der Waals surface area contributed by atoms with Crippen LogP contribution in [0, 0.1) is 5.92 Å². The van der Waals surface area contributed by atoms with E-state index in [1.165, 1.54) is 12.8 Å². The van der Waals surface area contributed by atoms with Gasteiger partial charge in [0.2, 0.25) is 5.89 Å². The second kappa shape index (κ2) is 4.93. The van der Waals surface area contributed by atoms with Crippen molar-refractivity contribution in [2.24, 2.45) is 5.92 Å². The van der Waals surface area contributed by atoms with Crippen molar-refractivity contribution in [3.8, 4) is 0 Å². The lowest BCUT2D eigenvalue weighted by Gasteiger charge is -2.27. The molecule has 1 fully saturated rings. The zero-order valence-corrected chi connectivity index (χ0v) is 9.89. The first-order chi connectivity index (χ1) is 7.65. The summed E-state index contributed by atoms with van der Waals surface area (Å²) in [4.78, 5) is 6.52. The number of piperidine rings is 1. The Morgan fingerprint density at radius 3 is 2.75 bits per heavy atom. The first-order valence-electron chi connectivity index (χ1n) is 5.84. The van der Waals surface area contributed by atoms with Gasteiger partial charge in [0.05, 0.1) is 0 Å². The molecular formula is C11H19N3O2. The summed E-state index contributed by atoms with van der Waals surface area (Å²) in [5, 5.41) is 13.0. The van der Waals surface area contributed by atoms with Gasteiger partial charge in [0.25, 0.3) is 0 Å². The Morgan fingerprint density at radius 2 is 2.19 bits per heavy atom. The second-order valence-corrected chi connectivity index (χ2v) is 4.67. The van der Waals surface area contributed by atoms with Crippen LogP contribution in [-0.4, -0.2) is 40.3 Å². The van der Waals surface area contributed by atoms with Crippen molar-refractivity contribution in [3.05, 3.63) is 11.7 Å². The van der Waals surface area contributed by atoms with Gasteiger partial charge in [-0.3, -0.25) is 0 Å². The Kier molecular flexibility index (Phi) is 3.56. The largest absolute Gasteiger partial charge is 0.385 e. The van der Waals surface area contributed by atoms with Crippen LogP contribution in [0.1, 0.15) is 37.6 Å². The molecule has 1 unspecified atom stereocenters. The topological polar surface area (TPSA) is 62.4 Å². The second-order valence-electron chi connectivity index (χ2n) is 4.67. The molecule has 0 bridgehead atoms. The first kappa shape index (κ1) is 11.5. The lowest BCUT2D eigenvalue weighted by Crippen LogP contribution is -2.31. The molecule has 5 heteroatoms. The molecule has 1 atom stereocenters. The molecule has 2 heterocycles. The Labute approximate surface area is 95.4 Å². The highest BCUT2D eigenvalue weighted by Crippen LogP contribution is 2.20. The molecule has 1 aromatic rings. The predicted molar refractivity (Wildman–Crippen MR) is 58.9 cm³/mol. The van der Waals surface area contributed by atoms with Crippen molar-refractivity contribution in [2.45, 2.75) is 32.3 Å². The van der Waals surface area contributed by atoms with Gasteiger partial charge >= 0.3 is 0 Å². The summed E-state index contributed by atoms with van der Waals surface area (Å²) >= 11 is 0. The van der Waals surface area contributed by atoms with Gasteiger partial charge in [-0.15, -0.1) is 0 Å². The summed E-state index contributed by atoms with van der Waals surface area (Å²) in [6, 6.07) is 0. The highest BCUT2D eigenvalue weighted by Gasteiger charge is 2.20. The van der Waals surface area contributed by atoms with E-state index in [9.17, 15) is 5.11 Å². The number of hydrogen-bond acceptors (Lipinski definition) is 5. The fraction of sp³-hybridized carbons (Fsp3) is 0.818. The molecule has 0 aliphatic carbocycles. The quantitative estimate of drug-likeness (QED) is 0.831. The zero-order valence-electron chi connectivity index (χ0n) is 9.89. The Morgan fingerprint density at radius 1 is 1.50 bits per heavy atom. The summed E-state index contributed by atoms with van der Waals surface area (Å²) in [6.45, 7) is 3.92. The van der Waals surface area contributed by atoms with Gasteiger partial charge in [0.1, 0.15) is 6.10 Å². The molecule has 0 spiro atoms. The Balaban J connectivity index is 1.88. The standard InChI is InChI=1S/C11H19N3O2/c1-8(15)11-12-10(16-13-11)7-9-3-5-14(2)6-4-9/h8-9,15H,3-7H2,1-2H3. The maximum absolute atomic E-state index is 9.29. The minimum absolute atomic E-state index is 0.392. The smallest absolute Gasteiger partial charge is 0.227 e. The molecule has 90 valence electrons. The monoisotopic (exact) mass is 225 g/mol. The van der Waals surface area contributed by atoms with Gasteiger partial charge in [0.15, 0.2) is 5.82 Å². The molecule has 0 amide bonds. The summed E-state index contributed by atoms with van der Waals surface area (Å²) in [5.74, 6) is 1.69. The summed E-state index contributed by atoms with van der Waals surface area (Å²) in [6.07, 6.45) is 2.56. The molecule has 1 aliphatic heterocycles. The van der Waals surface area contributed by atoms with Crippen LogP contribution in [0.2, 0.25) is 0 Å². The molecule has 16 heavy (non-hydrogen) atoms. The number of aliphatic hydroxyl groups is 1. The van der Waals surface area contributed by atoms with E-state index in [1.807, 2.05) is 0 Å². The lowest BCUT2D eigenvalue weighted by molar-refractivity contribution is 0.183. The highest BCUT2D eigenvalue weighted by molar-refractivity contribution is 4.91. The van der Waals surface area contributed by atoms with Crippen molar-refractivity contribution >= 4 is 0 Å². The third-order valence-electron chi connectivity index (χ3n) is 3.16. The maximum atomic E-state index is 9.29. The fourth-order valence-electron chi connectivity index (χ4n) is 2.03. The van der Waals surface area contributed by atoms with Crippen molar-refractivity contribution in [1.82, 2.24) is 15.0 Å². The summed E-state index contributed by atoms with van der Waals surface area (Å²) in [5.41, 5.74) is 0. The molecule has 1 aromatic heterocycles. The van der Waals surface area contributed by atoms with E-state index in [1.54, 1.807) is 6.92 Å². The van der Waals surface area contributed by atoms with E-state index in [0.717, 1.165) is 19.5 Å². The summed E-state index contributed by atoms with van der Waals surface area (Å²) in [7, 11) is 2.15. The van der Waals surface area contributed by atoms with E-state index in [0.29, 0.717) is 17.6 Å². The molecule has 0 saturated carbocycles. The third-order valence-corrected chi connectivity index (χ3v) is 3.16. The minimum Gasteiger partial charge on any atom is -0.385 e. The van der Waals surface area contributed by atoms with Crippen LogP contribution in [0.5, 0.6) is 0 Å². The maximum Gasteiger partial charge on any atom is 0.227 e. The molecule has 1 N–H and O–H groups in total. The van der Waals surface area contributed by atoms with Gasteiger partial charge in [-0.05, 0) is 45.8 Å². The van der Waals surface area contributed by atoms with Gasteiger partial charge in [-0.1, -0.05) is 5.16 Å². The van der Waals surface area contributed by atoms with Crippen molar-refractivity contribution in [1.29, 1.82) is 0 Å². The van der Waals surface area contributed by atoms with E-state index < -0.39 is 6.10 Å². The molecule has 5 nitrogen and oxygen atoms in total. The van der Waals surface area contributed by atoms with E-state index in [-0.39, 0.29) is 0 Å². The fourth-order valence-corrected chi connectivity index (χ4v) is 2.03. The Hall–Kier alpha value is -0.940. The van der Waals surface area contributed by atoms with E-state index >= 15 is 0 Å². The van der Waals surface area contributed by atoms with Crippen LogP contribution in [-0.2, 0) is 6.42 Å². The predicted octanol–water partition coefficient (Wildman–Crippen LogP) is 1.01. The lowest BCUT2D eigenvalue weighted by atomic mass is 9.94.